The van der Waals surface area contributed by atoms with Gasteiger partial charge in [0.25, 0.3) is 5.91 Å². The first-order chi connectivity index (χ1) is 14.0. The summed E-state index contributed by atoms with van der Waals surface area (Å²) in [5, 5.41) is 15.6. The Morgan fingerprint density at radius 1 is 1.17 bits per heavy atom. The average molecular weight is 396 g/mol. The normalized spacial score (nSPS) is 16.9. The van der Waals surface area contributed by atoms with Gasteiger partial charge in [0, 0.05) is 36.8 Å². The summed E-state index contributed by atoms with van der Waals surface area (Å²) < 4.78 is 0. The van der Waals surface area contributed by atoms with E-state index in [1.165, 1.54) is 0 Å². The van der Waals surface area contributed by atoms with Crippen LogP contribution in [0, 0.1) is 0 Å². The fraction of sp³-hybridized carbons (Fsp3) is 0.391. The highest BCUT2D eigenvalue weighted by Gasteiger charge is 2.22. The Kier molecular flexibility index (Phi) is 7.25. The summed E-state index contributed by atoms with van der Waals surface area (Å²) in [7, 11) is 0. The average Bonchev–Trinajstić information content (AvgIpc) is 2.68. The number of phenolic OH excluding ortho intramolecular Hbond substituents is 1. The summed E-state index contributed by atoms with van der Waals surface area (Å²) in [6.45, 7) is 4.45. The van der Waals surface area contributed by atoms with E-state index in [0.717, 1.165) is 44.5 Å². The molecular weight excluding hydrogens is 366 g/mol. The fourth-order valence-corrected chi connectivity index (χ4v) is 3.69. The molecule has 2 aromatic carbocycles. The van der Waals surface area contributed by atoms with E-state index in [2.05, 4.69) is 15.5 Å². The highest BCUT2D eigenvalue weighted by atomic mass is 16.3. The maximum atomic E-state index is 12.7. The SMILES string of the molecule is CCCC(=O)Nc1cccc(C(=O)NC2CCCN(Cc3cccc(O)c3)C2)c1. The summed E-state index contributed by atoms with van der Waals surface area (Å²) in [5.74, 6) is 0.107. The van der Waals surface area contributed by atoms with Gasteiger partial charge >= 0.3 is 0 Å². The van der Waals surface area contributed by atoms with Crippen LogP contribution in [0.25, 0.3) is 0 Å². The first-order valence-electron chi connectivity index (χ1n) is 10.2. The zero-order chi connectivity index (χ0) is 20.6. The van der Waals surface area contributed by atoms with Gasteiger partial charge in [0.1, 0.15) is 5.75 Å². The quantitative estimate of drug-likeness (QED) is 0.670. The van der Waals surface area contributed by atoms with E-state index < -0.39 is 0 Å². The Labute approximate surface area is 171 Å². The van der Waals surface area contributed by atoms with Crippen molar-refractivity contribution < 1.29 is 14.7 Å². The first kappa shape index (κ1) is 20.9. The van der Waals surface area contributed by atoms with Gasteiger partial charge in [0.15, 0.2) is 0 Å². The molecule has 1 aliphatic rings. The Balaban J connectivity index is 1.56. The minimum atomic E-state index is -0.124. The van der Waals surface area contributed by atoms with Gasteiger partial charge in [-0.25, -0.2) is 0 Å². The number of anilines is 1. The number of carbonyl (C=O) groups excluding carboxylic acids is 2. The molecule has 0 aliphatic carbocycles. The van der Waals surface area contributed by atoms with E-state index in [-0.39, 0.29) is 23.6 Å². The van der Waals surface area contributed by atoms with Gasteiger partial charge in [-0.1, -0.05) is 25.1 Å². The zero-order valence-electron chi connectivity index (χ0n) is 16.9. The van der Waals surface area contributed by atoms with Crippen LogP contribution >= 0.6 is 0 Å². The molecule has 1 atom stereocenters. The summed E-state index contributed by atoms with van der Waals surface area (Å²) in [6, 6.07) is 14.4. The minimum absolute atomic E-state index is 0.0417. The van der Waals surface area contributed by atoms with E-state index in [1.807, 2.05) is 19.1 Å². The van der Waals surface area contributed by atoms with E-state index in [4.69, 9.17) is 0 Å². The molecule has 0 spiro atoms. The van der Waals surface area contributed by atoms with Crippen LogP contribution < -0.4 is 10.6 Å². The van der Waals surface area contributed by atoms with Gasteiger partial charge in [0.2, 0.25) is 5.91 Å². The van der Waals surface area contributed by atoms with Crippen molar-refractivity contribution in [3.05, 3.63) is 59.7 Å². The number of nitrogens with zero attached hydrogens (tertiary/aromatic N) is 1. The minimum Gasteiger partial charge on any atom is -0.508 e. The summed E-state index contributed by atoms with van der Waals surface area (Å²) >= 11 is 0. The second kappa shape index (κ2) is 10.1. The molecular formula is C23H29N3O3. The fourth-order valence-electron chi connectivity index (χ4n) is 3.69. The molecule has 6 nitrogen and oxygen atoms in total. The van der Waals surface area contributed by atoms with Crippen LogP contribution in [0.3, 0.4) is 0 Å². The molecule has 0 saturated carbocycles. The molecule has 154 valence electrons. The molecule has 1 saturated heterocycles. The molecule has 29 heavy (non-hydrogen) atoms. The van der Waals surface area contributed by atoms with E-state index >= 15 is 0 Å². The van der Waals surface area contributed by atoms with Crippen LogP contribution in [0.5, 0.6) is 5.75 Å². The van der Waals surface area contributed by atoms with Gasteiger partial charge < -0.3 is 15.7 Å². The van der Waals surface area contributed by atoms with Crippen molar-refractivity contribution in [2.24, 2.45) is 0 Å². The number of nitrogens with one attached hydrogen (secondary N) is 2. The molecule has 1 unspecified atom stereocenters. The molecule has 2 amide bonds. The molecule has 1 fully saturated rings. The van der Waals surface area contributed by atoms with Gasteiger partial charge in [-0.3, -0.25) is 14.5 Å². The molecule has 0 aromatic heterocycles. The number of piperidine rings is 1. The molecule has 0 bridgehead atoms. The zero-order valence-corrected chi connectivity index (χ0v) is 16.9. The number of amides is 2. The van der Waals surface area contributed by atoms with Crippen molar-refractivity contribution in [2.45, 2.75) is 45.2 Å². The third kappa shape index (κ3) is 6.32. The van der Waals surface area contributed by atoms with Crippen LogP contribution in [-0.2, 0) is 11.3 Å². The topological polar surface area (TPSA) is 81.7 Å². The number of likely N-dealkylation sites (tertiary alicyclic amines) is 1. The lowest BCUT2D eigenvalue weighted by Crippen LogP contribution is -2.47. The van der Waals surface area contributed by atoms with Crippen molar-refractivity contribution in [1.29, 1.82) is 0 Å². The van der Waals surface area contributed by atoms with Crippen LogP contribution in [0.2, 0.25) is 0 Å². The second-order valence-electron chi connectivity index (χ2n) is 7.60. The number of benzene rings is 2. The Hall–Kier alpha value is -2.86. The lowest BCUT2D eigenvalue weighted by atomic mass is 10.0. The van der Waals surface area contributed by atoms with Gasteiger partial charge in [-0.05, 0) is 61.7 Å². The van der Waals surface area contributed by atoms with Gasteiger partial charge in [-0.15, -0.1) is 0 Å². The van der Waals surface area contributed by atoms with Crippen LogP contribution in [0.15, 0.2) is 48.5 Å². The Bertz CT molecular complexity index is 853. The first-order valence-corrected chi connectivity index (χ1v) is 10.2. The number of rotatable bonds is 7. The van der Waals surface area contributed by atoms with Crippen molar-refractivity contribution in [3.63, 3.8) is 0 Å². The predicted molar refractivity (Wildman–Crippen MR) is 114 cm³/mol. The number of hydrogen-bond acceptors (Lipinski definition) is 4. The van der Waals surface area contributed by atoms with Crippen LogP contribution in [-0.4, -0.2) is 41.0 Å². The molecule has 0 radical (unpaired) electrons. The Morgan fingerprint density at radius 3 is 2.79 bits per heavy atom. The van der Waals surface area contributed by atoms with E-state index in [0.29, 0.717) is 17.7 Å². The standard InChI is InChI=1S/C23H29N3O3/c1-2-6-22(28)24-19-9-4-8-18(14-19)23(29)25-20-10-5-12-26(16-20)15-17-7-3-11-21(27)13-17/h3-4,7-9,11,13-14,20,27H,2,5-6,10,12,15-16H2,1H3,(H,24,28)(H,25,29). The highest BCUT2D eigenvalue weighted by molar-refractivity contribution is 5.97. The number of phenols is 1. The maximum absolute atomic E-state index is 12.7. The van der Waals surface area contributed by atoms with Crippen molar-refractivity contribution in [2.75, 3.05) is 18.4 Å². The monoisotopic (exact) mass is 395 g/mol. The molecule has 3 rings (SSSR count). The number of carbonyl (C=O) groups is 2. The molecule has 3 N–H and O–H groups in total. The van der Waals surface area contributed by atoms with Crippen LogP contribution in [0.4, 0.5) is 5.69 Å². The summed E-state index contributed by atoms with van der Waals surface area (Å²) in [4.78, 5) is 26.8. The van der Waals surface area contributed by atoms with Crippen molar-refractivity contribution in [1.82, 2.24) is 10.2 Å². The maximum Gasteiger partial charge on any atom is 0.251 e. The lowest BCUT2D eigenvalue weighted by molar-refractivity contribution is -0.116. The van der Waals surface area contributed by atoms with Gasteiger partial charge in [-0.2, -0.15) is 0 Å². The molecule has 2 aromatic rings. The lowest BCUT2D eigenvalue weighted by Gasteiger charge is -2.33. The van der Waals surface area contributed by atoms with Crippen LogP contribution in [0.1, 0.15) is 48.5 Å². The smallest absolute Gasteiger partial charge is 0.251 e. The molecule has 1 aliphatic heterocycles. The van der Waals surface area contributed by atoms with Crippen molar-refractivity contribution >= 4 is 17.5 Å². The predicted octanol–water partition coefficient (Wildman–Crippen LogP) is 3.53. The third-order valence-corrected chi connectivity index (χ3v) is 5.04. The second-order valence-corrected chi connectivity index (χ2v) is 7.60. The van der Waals surface area contributed by atoms with Crippen molar-refractivity contribution in [3.8, 4) is 5.75 Å². The third-order valence-electron chi connectivity index (χ3n) is 5.04. The number of hydrogen-bond donors (Lipinski definition) is 3. The number of aromatic hydroxyl groups is 1. The summed E-state index contributed by atoms with van der Waals surface area (Å²) in [6.07, 6.45) is 3.20. The van der Waals surface area contributed by atoms with E-state index in [9.17, 15) is 14.7 Å². The molecule has 6 heteroatoms. The van der Waals surface area contributed by atoms with Gasteiger partial charge in [0.05, 0.1) is 0 Å². The largest absolute Gasteiger partial charge is 0.508 e. The van der Waals surface area contributed by atoms with E-state index in [1.54, 1.807) is 36.4 Å². The highest BCUT2D eigenvalue weighted by Crippen LogP contribution is 2.18. The summed E-state index contributed by atoms with van der Waals surface area (Å²) in [5.41, 5.74) is 2.25. The molecule has 1 heterocycles. The Morgan fingerprint density at radius 2 is 2.00 bits per heavy atom.